The van der Waals surface area contributed by atoms with Crippen molar-refractivity contribution in [1.82, 2.24) is 10.3 Å². The van der Waals surface area contributed by atoms with Gasteiger partial charge in [-0.1, -0.05) is 30.3 Å². The van der Waals surface area contributed by atoms with Crippen molar-refractivity contribution in [3.05, 3.63) is 59.4 Å². The molecule has 5 nitrogen and oxygen atoms in total. The summed E-state index contributed by atoms with van der Waals surface area (Å²) in [5, 5.41) is 12.2. The molecule has 1 unspecified atom stereocenters. The Morgan fingerprint density at radius 1 is 1.35 bits per heavy atom. The zero-order valence-electron chi connectivity index (χ0n) is 10.8. The van der Waals surface area contributed by atoms with Gasteiger partial charge in [0.05, 0.1) is 5.56 Å². The van der Waals surface area contributed by atoms with E-state index >= 15 is 0 Å². The molecule has 5 heteroatoms. The van der Waals surface area contributed by atoms with E-state index in [-0.39, 0.29) is 11.3 Å². The predicted molar refractivity (Wildman–Crippen MR) is 73.0 cm³/mol. The van der Waals surface area contributed by atoms with Gasteiger partial charge in [-0.3, -0.25) is 14.6 Å². The van der Waals surface area contributed by atoms with Crippen LogP contribution in [0.25, 0.3) is 0 Å². The summed E-state index contributed by atoms with van der Waals surface area (Å²) in [5.41, 5.74) is 1.24. The Balaban J connectivity index is 2.20. The number of aromatic nitrogens is 1. The first-order valence-corrected chi connectivity index (χ1v) is 6.01. The standard InChI is InChI=1S/C15H13N2O3/c1-10-7-14(19)12(8-16-10)15(20)17-13(9-18)11-5-3-2-4-6-11/h2-8,13H,1H3,(H,16,19)(H,17,20). The van der Waals surface area contributed by atoms with Crippen LogP contribution in [0.5, 0.6) is 5.75 Å². The van der Waals surface area contributed by atoms with Crippen LogP contribution < -0.4 is 5.32 Å². The fourth-order valence-corrected chi connectivity index (χ4v) is 1.76. The van der Waals surface area contributed by atoms with E-state index in [2.05, 4.69) is 10.3 Å². The fourth-order valence-electron chi connectivity index (χ4n) is 1.76. The van der Waals surface area contributed by atoms with Gasteiger partial charge in [0.15, 0.2) is 0 Å². The zero-order valence-corrected chi connectivity index (χ0v) is 10.8. The highest BCUT2D eigenvalue weighted by molar-refractivity contribution is 5.97. The zero-order chi connectivity index (χ0) is 14.5. The molecule has 1 aromatic heterocycles. The van der Waals surface area contributed by atoms with Gasteiger partial charge in [0.2, 0.25) is 6.29 Å². The number of pyridine rings is 1. The quantitative estimate of drug-likeness (QED) is 0.885. The Morgan fingerprint density at radius 3 is 2.65 bits per heavy atom. The number of carbonyl (C=O) groups is 1. The first kappa shape index (κ1) is 13.7. The molecule has 2 N–H and O–H groups in total. The molecule has 0 aliphatic heterocycles. The summed E-state index contributed by atoms with van der Waals surface area (Å²) in [6.45, 7) is 1.70. The van der Waals surface area contributed by atoms with Gasteiger partial charge in [0.25, 0.3) is 5.91 Å². The predicted octanol–water partition coefficient (Wildman–Crippen LogP) is 1.68. The van der Waals surface area contributed by atoms with E-state index in [1.807, 2.05) is 6.07 Å². The molecule has 0 aliphatic rings. The molecule has 0 aliphatic carbocycles. The second-order valence-corrected chi connectivity index (χ2v) is 4.28. The molecular formula is C15H13N2O3. The van der Waals surface area contributed by atoms with E-state index in [1.165, 1.54) is 12.3 Å². The number of aromatic hydroxyl groups is 1. The second kappa shape index (κ2) is 5.97. The number of carbonyl (C=O) groups excluding carboxylic acids is 2. The van der Waals surface area contributed by atoms with E-state index in [4.69, 9.17) is 0 Å². The number of amides is 1. The van der Waals surface area contributed by atoms with Gasteiger partial charge in [0.1, 0.15) is 11.8 Å². The van der Waals surface area contributed by atoms with E-state index < -0.39 is 11.9 Å². The lowest BCUT2D eigenvalue weighted by Crippen LogP contribution is -2.29. The maximum absolute atomic E-state index is 12.0. The van der Waals surface area contributed by atoms with Crippen molar-refractivity contribution in [1.29, 1.82) is 0 Å². The highest BCUT2D eigenvalue weighted by atomic mass is 16.3. The van der Waals surface area contributed by atoms with Gasteiger partial charge >= 0.3 is 0 Å². The Kier molecular flexibility index (Phi) is 4.10. The first-order chi connectivity index (χ1) is 9.61. The molecule has 1 aromatic carbocycles. The minimum atomic E-state index is -0.885. The summed E-state index contributed by atoms with van der Waals surface area (Å²) in [6.07, 6.45) is 3.04. The van der Waals surface area contributed by atoms with E-state index in [1.54, 1.807) is 37.5 Å². The van der Waals surface area contributed by atoms with E-state index in [9.17, 15) is 14.7 Å². The van der Waals surface area contributed by atoms with Gasteiger partial charge in [-0.25, -0.2) is 0 Å². The average molecular weight is 269 g/mol. The smallest absolute Gasteiger partial charge is 0.257 e. The Bertz CT molecular complexity index is 626. The summed E-state index contributed by atoms with van der Waals surface area (Å²) in [7, 11) is 0. The summed E-state index contributed by atoms with van der Waals surface area (Å²) in [4.78, 5) is 27.0. The van der Waals surface area contributed by atoms with Crippen LogP contribution in [-0.2, 0) is 4.79 Å². The fraction of sp³-hybridized carbons (Fsp3) is 0.133. The number of aryl methyl sites for hydroxylation is 1. The summed E-state index contributed by atoms with van der Waals surface area (Å²) >= 11 is 0. The summed E-state index contributed by atoms with van der Waals surface area (Å²) in [5.74, 6) is -0.750. The molecule has 2 aromatic rings. The van der Waals surface area contributed by atoms with Crippen LogP contribution in [0.3, 0.4) is 0 Å². The van der Waals surface area contributed by atoms with Crippen LogP contribution in [0.1, 0.15) is 27.7 Å². The molecular weight excluding hydrogens is 256 g/mol. The van der Waals surface area contributed by atoms with Crippen LogP contribution in [0, 0.1) is 6.92 Å². The number of nitrogens with zero attached hydrogens (tertiary/aromatic N) is 1. The topological polar surface area (TPSA) is 79.3 Å². The summed E-state index contributed by atoms with van der Waals surface area (Å²) in [6, 6.07) is 9.25. The van der Waals surface area contributed by atoms with Crippen LogP contribution >= 0.6 is 0 Å². The van der Waals surface area contributed by atoms with E-state index in [0.717, 1.165) is 0 Å². The van der Waals surface area contributed by atoms with Crippen LogP contribution in [0.2, 0.25) is 0 Å². The Morgan fingerprint density at radius 2 is 2.05 bits per heavy atom. The van der Waals surface area contributed by atoms with Crippen molar-refractivity contribution in [2.24, 2.45) is 0 Å². The lowest BCUT2D eigenvalue weighted by Gasteiger charge is -2.13. The first-order valence-electron chi connectivity index (χ1n) is 6.01. The van der Waals surface area contributed by atoms with Crippen molar-refractivity contribution >= 4 is 12.2 Å². The highest BCUT2D eigenvalue weighted by Crippen LogP contribution is 2.18. The van der Waals surface area contributed by atoms with Gasteiger partial charge in [-0.15, -0.1) is 0 Å². The monoisotopic (exact) mass is 269 g/mol. The molecule has 101 valence electrons. The maximum atomic E-state index is 12.0. The molecule has 1 atom stereocenters. The molecule has 0 saturated carbocycles. The normalized spacial score (nSPS) is 11.7. The number of hydrogen-bond acceptors (Lipinski definition) is 4. The largest absolute Gasteiger partial charge is 0.507 e. The summed E-state index contributed by atoms with van der Waals surface area (Å²) < 4.78 is 0. The van der Waals surface area contributed by atoms with Crippen molar-refractivity contribution in [2.45, 2.75) is 13.0 Å². The highest BCUT2D eigenvalue weighted by Gasteiger charge is 2.18. The molecule has 1 amide bonds. The molecule has 2 rings (SSSR count). The van der Waals surface area contributed by atoms with Gasteiger partial charge in [-0.2, -0.15) is 0 Å². The Labute approximate surface area is 116 Å². The number of nitrogens with one attached hydrogen (secondary N) is 1. The van der Waals surface area contributed by atoms with Crippen LogP contribution in [0.4, 0.5) is 0 Å². The van der Waals surface area contributed by atoms with Gasteiger partial charge in [-0.05, 0) is 12.5 Å². The lowest BCUT2D eigenvalue weighted by molar-refractivity contribution is 0.0943. The van der Waals surface area contributed by atoms with Crippen LogP contribution in [-0.4, -0.2) is 22.3 Å². The molecule has 0 spiro atoms. The molecule has 0 bridgehead atoms. The molecule has 1 heterocycles. The molecule has 20 heavy (non-hydrogen) atoms. The third-order valence-corrected chi connectivity index (χ3v) is 2.79. The number of benzene rings is 1. The lowest BCUT2D eigenvalue weighted by atomic mass is 10.1. The van der Waals surface area contributed by atoms with Crippen molar-refractivity contribution in [2.75, 3.05) is 0 Å². The van der Waals surface area contributed by atoms with Crippen molar-refractivity contribution in [3.8, 4) is 5.75 Å². The molecule has 0 fully saturated rings. The second-order valence-electron chi connectivity index (χ2n) is 4.28. The van der Waals surface area contributed by atoms with Crippen molar-refractivity contribution in [3.63, 3.8) is 0 Å². The maximum Gasteiger partial charge on any atom is 0.257 e. The molecule has 1 radical (unpaired) electrons. The van der Waals surface area contributed by atoms with Crippen LogP contribution in [0.15, 0.2) is 42.6 Å². The molecule has 0 saturated heterocycles. The minimum absolute atomic E-state index is 0.0202. The van der Waals surface area contributed by atoms with Crippen molar-refractivity contribution < 1.29 is 14.7 Å². The average Bonchev–Trinajstić information content (AvgIpc) is 2.45. The third-order valence-electron chi connectivity index (χ3n) is 2.79. The van der Waals surface area contributed by atoms with E-state index in [0.29, 0.717) is 11.3 Å². The number of rotatable bonds is 4. The number of hydrogen-bond donors (Lipinski definition) is 2. The van der Waals surface area contributed by atoms with Gasteiger partial charge in [0, 0.05) is 18.0 Å². The SMILES string of the molecule is Cc1cc(O)c(C(=O)NC([C]=O)c2ccccc2)cn1. The third kappa shape index (κ3) is 3.00. The minimum Gasteiger partial charge on any atom is -0.507 e. The Hall–Kier alpha value is -2.69. The van der Waals surface area contributed by atoms with Gasteiger partial charge < -0.3 is 10.4 Å².